The largest absolute Gasteiger partial charge is 0.490 e. The first-order chi connectivity index (χ1) is 14.3. The van der Waals surface area contributed by atoms with E-state index in [-0.39, 0.29) is 6.29 Å². The van der Waals surface area contributed by atoms with Crippen LogP contribution in [-0.2, 0) is 9.47 Å². The van der Waals surface area contributed by atoms with Gasteiger partial charge >= 0.3 is 0 Å². The minimum atomic E-state index is -0.233. The zero-order valence-corrected chi connectivity index (χ0v) is 18.5. The summed E-state index contributed by atoms with van der Waals surface area (Å²) >= 11 is 0. The first-order valence-corrected chi connectivity index (χ1v) is 11.9. The van der Waals surface area contributed by atoms with Crippen LogP contribution in [0, 0.1) is 17.8 Å². The highest BCUT2D eigenvalue weighted by molar-refractivity contribution is 5.28. The first kappa shape index (κ1) is 22.4. The van der Waals surface area contributed by atoms with E-state index < -0.39 is 0 Å². The van der Waals surface area contributed by atoms with Gasteiger partial charge in [0.15, 0.2) is 6.29 Å². The summed E-state index contributed by atoms with van der Waals surface area (Å²) in [5.74, 6) is 3.15. The Hall–Kier alpha value is -1.32. The van der Waals surface area contributed by atoms with Crippen molar-refractivity contribution in [2.75, 3.05) is 19.8 Å². The van der Waals surface area contributed by atoms with E-state index in [2.05, 4.69) is 38.1 Å². The topological polar surface area (TPSA) is 27.7 Å². The Bertz CT molecular complexity index is 578. The van der Waals surface area contributed by atoms with Crippen molar-refractivity contribution in [2.24, 2.45) is 17.8 Å². The van der Waals surface area contributed by atoms with Crippen LogP contribution in [0.4, 0.5) is 0 Å². The summed E-state index contributed by atoms with van der Waals surface area (Å²) in [6.45, 7) is 6.68. The van der Waals surface area contributed by atoms with E-state index in [0.717, 1.165) is 42.8 Å². The Kier molecular flexibility index (Phi) is 9.56. The Morgan fingerprint density at radius 1 is 0.931 bits per heavy atom. The van der Waals surface area contributed by atoms with Crippen LogP contribution in [0.15, 0.2) is 36.4 Å². The third-order valence-corrected chi connectivity index (χ3v) is 6.56. The first-order valence-electron chi connectivity index (χ1n) is 11.9. The molecular formula is C26H40O3. The zero-order valence-electron chi connectivity index (χ0n) is 18.5. The van der Waals surface area contributed by atoms with Gasteiger partial charge in [-0.1, -0.05) is 63.8 Å². The van der Waals surface area contributed by atoms with Gasteiger partial charge in [-0.15, -0.1) is 0 Å². The standard InChI is InChI=1S/C26H40O3/c1-3-5-6-8-22-10-12-23(13-11-22)9-7-18-27-25-16-14-24(15-17-25)26-28-19-21(4-2)20-29-26/h7,9,14-17,21-23,26H,3-6,8,10-13,18-20H2,1-2H3/t21-,22-,23-,26-. The lowest BCUT2D eigenvalue weighted by atomic mass is 9.79. The maximum absolute atomic E-state index is 5.89. The number of benzene rings is 1. The summed E-state index contributed by atoms with van der Waals surface area (Å²) < 4.78 is 17.6. The maximum Gasteiger partial charge on any atom is 0.183 e. The highest BCUT2D eigenvalue weighted by Gasteiger charge is 2.22. The molecule has 3 rings (SSSR count). The molecule has 3 nitrogen and oxygen atoms in total. The summed E-state index contributed by atoms with van der Waals surface area (Å²) in [6, 6.07) is 8.14. The second kappa shape index (κ2) is 12.4. The van der Waals surface area contributed by atoms with Gasteiger partial charge in [0.05, 0.1) is 13.2 Å². The number of hydrogen-bond acceptors (Lipinski definition) is 3. The van der Waals surface area contributed by atoms with Crippen molar-refractivity contribution >= 4 is 0 Å². The Morgan fingerprint density at radius 2 is 1.66 bits per heavy atom. The summed E-state index contributed by atoms with van der Waals surface area (Å²) in [5, 5.41) is 0. The van der Waals surface area contributed by atoms with Gasteiger partial charge in [-0.3, -0.25) is 0 Å². The smallest absolute Gasteiger partial charge is 0.183 e. The molecule has 0 radical (unpaired) electrons. The van der Waals surface area contributed by atoms with Crippen LogP contribution >= 0.6 is 0 Å². The molecule has 0 unspecified atom stereocenters. The zero-order chi connectivity index (χ0) is 20.3. The molecule has 0 N–H and O–H groups in total. The molecule has 0 spiro atoms. The normalized spacial score (nSPS) is 27.9. The predicted octanol–water partition coefficient (Wildman–Crippen LogP) is 7.08. The average molecular weight is 401 g/mol. The van der Waals surface area contributed by atoms with Crippen molar-refractivity contribution in [3.63, 3.8) is 0 Å². The molecule has 1 aliphatic heterocycles. The van der Waals surface area contributed by atoms with E-state index in [1.165, 1.54) is 51.4 Å². The number of rotatable bonds is 10. The highest BCUT2D eigenvalue weighted by Crippen LogP contribution is 2.32. The molecule has 1 saturated carbocycles. The van der Waals surface area contributed by atoms with Crippen molar-refractivity contribution < 1.29 is 14.2 Å². The predicted molar refractivity (Wildman–Crippen MR) is 119 cm³/mol. The molecule has 0 aromatic heterocycles. The van der Waals surface area contributed by atoms with Gasteiger partial charge in [0.2, 0.25) is 0 Å². The highest BCUT2D eigenvalue weighted by atomic mass is 16.7. The van der Waals surface area contributed by atoms with E-state index in [0.29, 0.717) is 12.5 Å². The minimum Gasteiger partial charge on any atom is -0.490 e. The lowest BCUT2D eigenvalue weighted by Crippen LogP contribution is -2.26. The maximum atomic E-state index is 5.89. The summed E-state index contributed by atoms with van der Waals surface area (Å²) in [5.41, 5.74) is 1.07. The lowest BCUT2D eigenvalue weighted by Gasteiger charge is -2.29. The summed E-state index contributed by atoms with van der Waals surface area (Å²) in [6.07, 6.45) is 16.6. The van der Waals surface area contributed by atoms with Gasteiger partial charge in [0, 0.05) is 11.5 Å². The molecule has 1 aliphatic carbocycles. The van der Waals surface area contributed by atoms with E-state index in [4.69, 9.17) is 14.2 Å². The van der Waals surface area contributed by atoms with Gasteiger partial charge < -0.3 is 14.2 Å². The van der Waals surface area contributed by atoms with Crippen LogP contribution in [0.2, 0.25) is 0 Å². The van der Waals surface area contributed by atoms with E-state index in [1.807, 2.05) is 12.1 Å². The van der Waals surface area contributed by atoms with Crippen molar-refractivity contribution in [1.29, 1.82) is 0 Å². The molecule has 2 aliphatic rings. The van der Waals surface area contributed by atoms with Crippen molar-refractivity contribution in [2.45, 2.75) is 77.9 Å². The summed E-state index contributed by atoms with van der Waals surface area (Å²) in [7, 11) is 0. The van der Waals surface area contributed by atoms with Gasteiger partial charge in [-0.05, 0) is 56.1 Å². The van der Waals surface area contributed by atoms with Crippen LogP contribution in [0.3, 0.4) is 0 Å². The van der Waals surface area contributed by atoms with Crippen molar-refractivity contribution in [1.82, 2.24) is 0 Å². The molecule has 2 fully saturated rings. The lowest BCUT2D eigenvalue weighted by molar-refractivity contribution is -0.205. The van der Waals surface area contributed by atoms with E-state index >= 15 is 0 Å². The summed E-state index contributed by atoms with van der Waals surface area (Å²) in [4.78, 5) is 0. The SMILES string of the molecule is CCCCC[C@H]1CC[C@H](C=CCOc2ccc([C@H]3OC[C@H](CC)CO3)cc2)CC1. The molecule has 0 bridgehead atoms. The fourth-order valence-corrected chi connectivity index (χ4v) is 4.44. The Morgan fingerprint density at radius 3 is 2.31 bits per heavy atom. The van der Waals surface area contributed by atoms with Gasteiger partial charge in [0.25, 0.3) is 0 Å². The molecular weight excluding hydrogens is 360 g/mol. The third kappa shape index (κ3) is 7.46. The van der Waals surface area contributed by atoms with Crippen LogP contribution in [0.1, 0.15) is 83.5 Å². The average Bonchev–Trinajstić information content (AvgIpc) is 2.78. The third-order valence-electron chi connectivity index (χ3n) is 6.56. The second-order valence-corrected chi connectivity index (χ2v) is 8.86. The fraction of sp³-hybridized carbons (Fsp3) is 0.692. The van der Waals surface area contributed by atoms with Crippen LogP contribution in [0.25, 0.3) is 0 Å². The van der Waals surface area contributed by atoms with Gasteiger partial charge in [-0.2, -0.15) is 0 Å². The quantitative estimate of drug-likeness (QED) is 0.310. The van der Waals surface area contributed by atoms with Crippen molar-refractivity contribution in [3.05, 3.63) is 42.0 Å². The van der Waals surface area contributed by atoms with E-state index in [9.17, 15) is 0 Å². The molecule has 0 atom stereocenters. The van der Waals surface area contributed by atoms with Gasteiger partial charge in [-0.25, -0.2) is 0 Å². The minimum absolute atomic E-state index is 0.233. The Labute approximate surface area is 177 Å². The van der Waals surface area contributed by atoms with Crippen LogP contribution in [-0.4, -0.2) is 19.8 Å². The number of ether oxygens (including phenoxy) is 3. The molecule has 1 saturated heterocycles. The number of allylic oxidation sites excluding steroid dienone is 1. The molecule has 1 heterocycles. The molecule has 29 heavy (non-hydrogen) atoms. The fourth-order valence-electron chi connectivity index (χ4n) is 4.44. The Balaban J connectivity index is 1.32. The molecule has 3 heteroatoms. The van der Waals surface area contributed by atoms with Crippen molar-refractivity contribution in [3.8, 4) is 5.75 Å². The van der Waals surface area contributed by atoms with Crippen LogP contribution in [0.5, 0.6) is 5.75 Å². The monoisotopic (exact) mass is 400 g/mol. The molecule has 1 aromatic rings. The number of hydrogen-bond donors (Lipinski definition) is 0. The van der Waals surface area contributed by atoms with Gasteiger partial charge in [0.1, 0.15) is 12.4 Å². The van der Waals surface area contributed by atoms with Crippen LogP contribution < -0.4 is 4.74 Å². The molecule has 0 amide bonds. The number of unbranched alkanes of at least 4 members (excludes halogenated alkanes) is 2. The second-order valence-electron chi connectivity index (χ2n) is 8.86. The van der Waals surface area contributed by atoms with E-state index in [1.54, 1.807) is 0 Å². The molecule has 1 aromatic carbocycles. The molecule has 162 valence electrons.